The van der Waals surface area contributed by atoms with E-state index >= 15 is 0 Å². The molecule has 0 radical (unpaired) electrons. The van der Waals surface area contributed by atoms with Gasteiger partial charge in [-0.1, -0.05) is 13.8 Å². The molecule has 4 heteroatoms. The Balaban J connectivity index is 3.17. The van der Waals surface area contributed by atoms with Crippen LogP contribution in [0.15, 0.2) is 6.20 Å². The van der Waals surface area contributed by atoms with E-state index < -0.39 is 0 Å². The van der Waals surface area contributed by atoms with Gasteiger partial charge in [0, 0.05) is 12.5 Å². The standard InChI is InChI=1S/C8H15N3O/c1-8(2,5-12)7-6(9)4-10-11(7)3/h4,12H,5,9H2,1-3H3. The largest absolute Gasteiger partial charge is 0.396 e. The summed E-state index contributed by atoms with van der Waals surface area (Å²) in [6.07, 6.45) is 1.60. The molecule has 0 saturated heterocycles. The number of nitrogens with zero attached hydrogens (tertiary/aromatic N) is 2. The topological polar surface area (TPSA) is 64.1 Å². The van der Waals surface area contributed by atoms with Crippen LogP contribution in [0.2, 0.25) is 0 Å². The van der Waals surface area contributed by atoms with Gasteiger partial charge in [-0.15, -0.1) is 0 Å². The van der Waals surface area contributed by atoms with E-state index in [-0.39, 0.29) is 12.0 Å². The molecule has 4 nitrogen and oxygen atoms in total. The van der Waals surface area contributed by atoms with Crippen molar-refractivity contribution in [3.05, 3.63) is 11.9 Å². The Morgan fingerprint density at radius 3 is 2.58 bits per heavy atom. The average molecular weight is 169 g/mol. The highest BCUT2D eigenvalue weighted by Gasteiger charge is 2.25. The number of hydrogen-bond acceptors (Lipinski definition) is 3. The van der Waals surface area contributed by atoms with Gasteiger partial charge in [0.05, 0.1) is 24.2 Å². The summed E-state index contributed by atoms with van der Waals surface area (Å²) in [7, 11) is 1.82. The molecular formula is C8H15N3O. The highest BCUT2D eigenvalue weighted by molar-refractivity contribution is 5.44. The molecule has 0 unspecified atom stereocenters. The zero-order valence-corrected chi connectivity index (χ0v) is 7.70. The Kier molecular flexibility index (Phi) is 2.10. The van der Waals surface area contributed by atoms with E-state index in [2.05, 4.69) is 5.10 Å². The maximum Gasteiger partial charge on any atom is 0.0739 e. The van der Waals surface area contributed by atoms with Gasteiger partial charge in [-0.3, -0.25) is 4.68 Å². The molecule has 1 rings (SSSR count). The molecular weight excluding hydrogens is 154 g/mol. The highest BCUT2D eigenvalue weighted by atomic mass is 16.3. The monoisotopic (exact) mass is 169 g/mol. The van der Waals surface area contributed by atoms with Gasteiger partial charge in [0.15, 0.2) is 0 Å². The summed E-state index contributed by atoms with van der Waals surface area (Å²) in [6.45, 7) is 3.93. The number of rotatable bonds is 2. The minimum absolute atomic E-state index is 0.0662. The van der Waals surface area contributed by atoms with Crippen LogP contribution in [0.4, 0.5) is 5.69 Å². The fourth-order valence-corrected chi connectivity index (χ4v) is 1.36. The maximum atomic E-state index is 9.12. The van der Waals surface area contributed by atoms with Crippen molar-refractivity contribution in [2.24, 2.45) is 7.05 Å². The van der Waals surface area contributed by atoms with E-state index in [9.17, 15) is 0 Å². The second-order valence-corrected chi connectivity index (χ2v) is 3.61. The molecule has 0 bridgehead atoms. The van der Waals surface area contributed by atoms with Crippen LogP contribution in [0.3, 0.4) is 0 Å². The van der Waals surface area contributed by atoms with Crippen molar-refractivity contribution < 1.29 is 5.11 Å². The number of aryl methyl sites for hydroxylation is 1. The van der Waals surface area contributed by atoms with E-state index in [1.807, 2.05) is 20.9 Å². The van der Waals surface area contributed by atoms with E-state index in [1.165, 1.54) is 0 Å². The molecule has 3 N–H and O–H groups in total. The lowest BCUT2D eigenvalue weighted by Gasteiger charge is -2.22. The van der Waals surface area contributed by atoms with Crippen LogP contribution in [0.5, 0.6) is 0 Å². The van der Waals surface area contributed by atoms with Gasteiger partial charge >= 0.3 is 0 Å². The third-order valence-electron chi connectivity index (χ3n) is 2.00. The normalized spacial score (nSPS) is 12.0. The van der Waals surface area contributed by atoms with Gasteiger partial charge in [-0.05, 0) is 0 Å². The number of anilines is 1. The molecule has 0 aliphatic heterocycles. The first-order chi connectivity index (χ1) is 5.49. The molecule has 0 aliphatic carbocycles. The summed E-state index contributed by atoms with van der Waals surface area (Å²) in [5.74, 6) is 0. The van der Waals surface area contributed by atoms with Crippen molar-refractivity contribution in [2.75, 3.05) is 12.3 Å². The second kappa shape index (κ2) is 2.79. The van der Waals surface area contributed by atoms with E-state index in [0.29, 0.717) is 5.69 Å². The molecule has 1 aromatic rings. The summed E-state index contributed by atoms with van der Waals surface area (Å²) >= 11 is 0. The predicted molar refractivity (Wildman–Crippen MR) is 47.7 cm³/mol. The number of aromatic nitrogens is 2. The van der Waals surface area contributed by atoms with Gasteiger partial charge in [0.2, 0.25) is 0 Å². The third kappa shape index (κ3) is 1.30. The number of aliphatic hydroxyl groups excluding tert-OH is 1. The van der Waals surface area contributed by atoms with Crippen LogP contribution in [0.1, 0.15) is 19.5 Å². The van der Waals surface area contributed by atoms with Crippen LogP contribution < -0.4 is 5.73 Å². The first kappa shape index (κ1) is 9.06. The number of nitrogens with two attached hydrogens (primary N) is 1. The van der Waals surface area contributed by atoms with Gasteiger partial charge in [-0.25, -0.2) is 0 Å². The average Bonchev–Trinajstić information content (AvgIpc) is 2.31. The first-order valence-corrected chi connectivity index (χ1v) is 3.88. The minimum atomic E-state index is -0.324. The second-order valence-electron chi connectivity index (χ2n) is 3.61. The van der Waals surface area contributed by atoms with Crippen molar-refractivity contribution in [1.82, 2.24) is 9.78 Å². The Labute approximate surface area is 72.0 Å². The maximum absolute atomic E-state index is 9.12. The zero-order valence-electron chi connectivity index (χ0n) is 7.70. The molecule has 68 valence electrons. The van der Waals surface area contributed by atoms with Crippen molar-refractivity contribution >= 4 is 5.69 Å². The van der Waals surface area contributed by atoms with Crippen LogP contribution in [0.25, 0.3) is 0 Å². The smallest absolute Gasteiger partial charge is 0.0739 e. The SMILES string of the molecule is Cn1ncc(N)c1C(C)(C)CO. The molecule has 0 atom stereocenters. The molecule has 1 heterocycles. The summed E-state index contributed by atoms with van der Waals surface area (Å²) in [5, 5.41) is 13.1. The van der Waals surface area contributed by atoms with E-state index in [0.717, 1.165) is 5.69 Å². The fraction of sp³-hybridized carbons (Fsp3) is 0.625. The van der Waals surface area contributed by atoms with Crippen molar-refractivity contribution in [3.8, 4) is 0 Å². The summed E-state index contributed by atoms with van der Waals surface area (Å²) < 4.78 is 1.70. The number of aliphatic hydroxyl groups is 1. The Bertz CT molecular complexity index is 258. The fourth-order valence-electron chi connectivity index (χ4n) is 1.36. The molecule has 0 amide bonds. The third-order valence-corrected chi connectivity index (χ3v) is 2.00. The molecule has 0 spiro atoms. The van der Waals surface area contributed by atoms with Crippen LogP contribution >= 0.6 is 0 Å². The molecule has 1 aromatic heterocycles. The molecule has 0 aromatic carbocycles. The number of nitrogen functional groups attached to an aromatic ring is 1. The summed E-state index contributed by atoms with van der Waals surface area (Å²) in [4.78, 5) is 0. The molecule has 0 aliphatic rings. The Morgan fingerprint density at radius 2 is 2.25 bits per heavy atom. The lowest BCUT2D eigenvalue weighted by molar-refractivity contribution is 0.212. The highest BCUT2D eigenvalue weighted by Crippen LogP contribution is 2.26. The van der Waals surface area contributed by atoms with Gasteiger partial charge < -0.3 is 10.8 Å². The summed E-state index contributed by atoms with van der Waals surface area (Å²) in [5.41, 5.74) is 6.90. The van der Waals surface area contributed by atoms with Crippen LogP contribution in [0, 0.1) is 0 Å². The lowest BCUT2D eigenvalue weighted by Crippen LogP contribution is -2.26. The lowest BCUT2D eigenvalue weighted by atomic mass is 9.89. The van der Waals surface area contributed by atoms with Crippen molar-refractivity contribution in [3.63, 3.8) is 0 Å². The predicted octanol–water partition coefficient (Wildman–Crippen LogP) is 0.272. The van der Waals surface area contributed by atoms with Crippen LogP contribution in [-0.2, 0) is 12.5 Å². The van der Waals surface area contributed by atoms with Crippen molar-refractivity contribution in [2.45, 2.75) is 19.3 Å². The first-order valence-electron chi connectivity index (χ1n) is 3.88. The zero-order chi connectivity index (χ0) is 9.35. The Morgan fingerprint density at radius 1 is 1.67 bits per heavy atom. The van der Waals surface area contributed by atoms with E-state index in [1.54, 1.807) is 10.9 Å². The van der Waals surface area contributed by atoms with E-state index in [4.69, 9.17) is 10.8 Å². The molecule has 0 fully saturated rings. The van der Waals surface area contributed by atoms with Crippen molar-refractivity contribution in [1.29, 1.82) is 0 Å². The summed E-state index contributed by atoms with van der Waals surface area (Å²) in [6, 6.07) is 0. The van der Waals surface area contributed by atoms with Gasteiger partial charge in [-0.2, -0.15) is 5.10 Å². The van der Waals surface area contributed by atoms with Crippen LogP contribution in [-0.4, -0.2) is 21.5 Å². The molecule has 12 heavy (non-hydrogen) atoms. The minimum Gasteiger partial charge on any atom is -0.396 e. The Hall–Kier alpha value is -1.03. The van der Waals surface area contributed by atoms with Gasteiger partial charge in [0.25, 0.3) is 0 Å². The molecule has 0 saturated carbocycles. The quantitative estimate of drug-likeness (QED) is 0.668. The van der Waals surface area contributed by atoms with Gasteiger partial charge in [0.1, 0.15) is 0 Å². The number of hydrogen-bond donors (Lipinski definition) is 2.